The van der Waals surface area contributed by atoms with Gasteiger partial charge in [-0.3, -0.25) is 10.1 Å². The van der Waals surface area contributed by atoms with E-state index in [4.69, 9.17) is 0 Å². The summed E-state index contributed by atoms with van der Waals surface area (Å²) in [7, 11) is 0. The Morgan fingerprint density at radius 2 is 2.04 bits per heavy atom. The van der Waals surface area contributed by atoms with Gasteiger partial charge in [0.2, 0.25) is 11.0 Å². The van der Waals surface area contributed by atoms with Crippen LogP contribution in [0.15, 0.2) is 41.8 Å². The third-order valence-corrected chi connectivity index (χ3v) is 5.46. The lowest BCUT2D eigenvalue weighted by atomic mass is 10.3. The van der Waals surface area contributed by atoms with Crippen molar-refractivity contribution in [1.82, 2.24) is 25.0 Å². The zero-order valence-electron chi connectivity index (χ0n) is 14.1. The van der Waals surface area contributed by atoms with Crippen LogP contribution in [-0.2, 0) is 6.42 Å². The fraction of sp³-hybridized carbons (Fsp3) is 0.118. The molecule has 0 aliphatic carbocycles. The molecule has 3 heterocycles. The second-order valence-corrected chi connectivity index (χ2v) is 7.44. The van der Waals surface area contributed by atoms with Crippen LogP contribution in [0.5, 0.6) is 0 Å². The smallest absolute Gasteiger partial charge is 0.294 e. The first kappa shape index (κ1) is 17.4. The molecule has 0 spiro atoms. The Labute approximate surface area is 161 Å². The van der Waals surface area contributed by atoms with Crippen molar-refractivity contribution in [3.05, 3.63) is 58.4 Å². The predicted molar refractivity (Wildman–Crippen MR) is 102 cm³/mol. The molecule has 0 fully saturated rings. The van der Waals surface area contributed by atoms with Crippen molar-refractivity contribution < 1.29 is 9.18 Å². The van der Waals surface area contributed by atoms with E-state index in [1.807, 2.05) is 24.4 Å². The van der Waals surface area contributed by atoms with E-state index in [0.717, 1.165) is 16.3 Å². The second kappa shape index (κ2) is 7.33. The molecule has 0 bridgehead atoms. The van der Waals surface area contributed by atoms with Crippen molar-refractivity contribution in [3.8, 4) is 16.4 Å². The van der Waals surface area contributed by atoms with E-state index in [2.05, 4.69) is 25.6 Å². The summed E-state index contributed by atoms with van der Waals surface area (Å²) in [6, 6.07) is 9.61. The quantitative estimate of drug-likeness (QED) is 0.551. The minimum atomic E-state index is -0.479. The molecule has 0 aliphatic rings. The van der Waals surface area contributed by atoms with Gasteiger partial charge in [0, 0.05) is 0 Å². The number of anilines is 1. The van der Waals surface area contributed by atoms with E-state index in [-0.39, 0.29) is 11.6 Å². The van der Waals surface area contributed by atoms with Crippen LogP contribution in [-0.4, -0.2) is 30.9 Å². The molecule has 3 aromatic heterocycles. The Bertz CT molecular complexity index is 1070. The summed E-state index contributed by atoms with van der Waals surface area (Å²) in [6.07, 6.45) is 0.744. The highest BCUT2D eigenvalue weighted by atomic mass is 32.1. The van der Waals surface area contributed by atoms with Crippen molar-refractivity contribution in [2.75, 3.05) is 5.32 Å². The number of nitrogens with one attached hydrogen (secondary N) is 1. The lowest BCUT2D eigenvalue weighted by molar-refractivity contribution is 0.101. The molecule has 0 saturated heterocycles. The summed E-state index contributed by atoms with van der Waals surface area (Å²) in [4.78, 5) is 17.8. The summed E-state index contributed by atoms with van der Waals surface area (Å²) in [5.74, 6) is -0.325. The van der Waals surface area contributed by atoms with Crippen molar-refractivity contribution in [2.24, 2.45) is 0 Å². The van der Waals surface area contributed by atoms with E-state index >= 15 is 0 Å². The van der Waals surface area contributed by atoms with Crippen molar-refractivity contribution in [2.45, 2.75) is 13.3 Å². The Kier molecular flexibility index (Phi) is 4.73. The predicted octanol–water partition coefficient (Wildman–Crippen LogP) is 3.80. The van der Waals surface area contributed by atoms with E-state index in [9.17, 15) is 9.18 Å². The van der Waals surface area contributed by atoms with Crippen molar-refractivity contribution >= 4 is 33.7 Å². The molecule has 0 saturated carbocycles. The van der Waals surface area contributed by atoms with Gasteiger partial charge in [-0.15, -0.1) is 26.6 Å². The highest BCUT2D eigenvalue weighted by Gasteiger charge is 2.20. The van der Waals surface area contributed by atoms with Gasteiger partial charge < -0.3 is 0 Å². The SMILES string of the molecule is CCc1nnc(NC(=O)c2nc(-c3cccs3)n(-c3ccc(F)cc3)n2)s1. The molecule has 27 heavy (non-hydrogen) atoms. The number of hydrogen-bond acceptors (Lipinski definition) is 7. The van der Waals surface area contributed by atoms with E-state index < -0.39 is 5.91 Å². The van der Waals surface area contributed by atoms with Gasteiger partial charge in [-0.25, -0.2) is 14.1 Å². The fourth-order valence-corrected chi connectivity index (χ4v) is 3.71. The average Bonchev–Trinajstić information content (AvgIpc) is 3.42. The molecular formula is C17H13FN6OS2. The lowest BCUT2D eigenvalue weighted by Gasteiger charge is -2.03. The number of aromatic nitrogens is 5. The van der Waals surface area contributed by atoms with Crippen LogP contribution in [0.4, 0.5) is 9.52 Å². The number of benzene rings is 1. The first-order valence-corrected chi connectivity index (χ1v) is 9.74. The Balaban J connectivity index is 1.70. The maximum absolute atomic E-state index is 13.3. The van der Waals surface area contributed by atoms with Gasteiger partial charge in [0.1, 0.15) is 10.8 Å². The first-order chi connectivity index (χ1) is 13.1. The molecule has 10 heteroatoms. The molecule has 1 aromatic carbocycles. The second-order valence-electron chi connectivity index (χ2n) is 5.43. The molecule has 1 amide bonds. The number of hydrogen-bond donors (Lipinski definition) is 1. The molecule has 136 valence electrons. The monoisotopic (exact) mass is 400 g/mol. The first-order valence-electron chi connectivity index (χ1n) is 8.04. The van der Waals surface area contributed by atoms with Crippen LogP contribution >= 0.6 is 22.7 Å². The summed E-state index contributed by atoms with van der Waals surface area (Å²) in [6.45, 7) is 1.96. The number of carbonyl (C=O) groups excluding carboxylic acids is 1. The number of carbonyl (C=O) groups is 1. The maximum atomic E-state index is 13.3. The molecule has 4 rings (SSSR count). The van der Waals surface area contributed by atoms with Gasteiger partial charge in [-0.05, 0) is 42.1 Å². The normalized spacial score (nSPS) is 10.9. The van der Waals surface area contributed by atoms with E-state index in [1.165, 1.54) is 39.5 Å². The molecule has 0 unspecified atom stereocenters. The lowest BCUT2D eigenvalue weighted by Crippen LogP contribution is -2.14. The summed E-state index contributed by atoms with van der Waals surface area (Å²) in [5.41, 5.74) is 0.607. The Morgan fingerprint density at radius 3 is 2.70 bits per heavy atom. The zero-order chi connectivity index (χ0) is 18.8. The number of aryl methyl sites for hydroxylation is 1. The van der Waals surface area contributed by atoms with Crippen molar-refractivity contribution in [3.63, 3.8) is 0 Å². The Morgan fingerprint density at radius 1 is 1.22 bits per heavy atom. The maximum Gasteiger partial charge on any atom is 0.297 e. The number of rotatable bonds is 5. The molecule has 4 aromatic rings. The van der Waals surface area contributed by atoms with E-state index in [1.54, 1.807) is 12.1 Å². The van der Waals surface area contributed by atoms with Gasteiger partial charge in [0.25, 0.3) is 5.91 Å². The van der Waals surface area contributed by atoms with Gasteiger partial charge in [-0.1, -0.05) is 24.3 Å². The van der Waals surface area contributed by atoms with Crippen LogP contribution < -0.4 is 5.32 Å². The number of amides is 1. The zero-order valence-corrected chi connectivity index (χ0v) is 15.7. The fourth-order valence-electron chi connectivity index (χ4n) is 2.34. The summed E-state index contributed by atoms with van der Waals surface area (Å²) >= 11 is 2.78. The number of thiophene rings is 1. The summed E-state index contributed by atoms with van der Waals surface area (Å²) in [5, 5.41) is 18.0. The minimum Gasteiger partial charge on any atom is -0.294 e. The highest BCUT2D eigenvalue weighted by Crippen LogP contribution is 2.26. The van der Waals surface area contributed by atoms with Gasteiger partial charge in [-0.2, -0.15) is 0 Å². The Hall–Kier alpha value is -2.98. The molecule has 1 N–H and O–H groups in total. The van der Waals surface area contributed by atoms with E-state index in [0.29, 0.717) is 16.6 Å². The third kappa shape index (κ3) is 3.62. The average molecular weight is 400 g/mol. The number of nitrogens with zero attached hydrogens (tertiary/aromatic N) is 5. The standard InChI is InChI=1S/C17H13FN6OS2/c1-2-13-21-22-17(27-13)20-16(25)14-19-15(12-4-3-9-26-12)24(23-14)11-7-5-10(18)6-8-11/h3-9H,2H2,1H3,(H,20,22,25). The summed E-state index contributed by atoms with van der Waals surface area (Å²) < 4.78 is 14.8. The molecular weight excluding hydrogens is 387 g/mol. The molecule has 0 aliphatic heterocycles. The van der Waals surface area contributed by atoms with Gasteiger partial charge in [0.15, 0.2) is 5.82 Å². The molecule has 0 radical (unpaired) electrons. The largest absolute Gasteiger partial charge is 0.297 e. The van der Waals surface area contributed by atoms with Gasteiger partial charge >= 0.3 is 0 Å². The van der Waals surface area contributed by atoms with Gasteiger partial charge in [0.05, 0.1) is 10.6 Å². The van der Waals surface area contributed by atoms with Crippen LogP contribution in [0.2, 0.25) is 0 Å². The third-order valence-electron chi connectivity index (χ3n) is 3.61. The molecule has 0 atom stereocenters. The van der Waals surface area contributed by atoms with Crippen LogP contribution in [0.3, 0.4) is 0 Å². The molecule has 7 nitrogen and oxygen atoms in total. The highest BCUT2D eigenvalue weighted by molar-refractivity contribution is 7.15. The topological polar surface area (TPSA) is 85.6 Å². The van der Waals surface area contributed by atoms with Crippen LogP contribution in [0, 0.1) is 5.82 Å². The van der Waals surface area contributed by atoms with Crippen LogP contribution in [0.1, 0.15) is 22.6 Å². The van der Waals surface area contributed by atoms with Crippen molar-refractivity contribution in [1.29, 1.82) is 0 Å². The van der Waals surface area contributed by atoms with Crippen LogP contribution in [0.25, 0.3) is 16.4 Å². The minimum absolute atomic E-state index is 0.00373. The number of halogens is 1.